The van der Waals surface area contributed by atoms with Gasteiger partial charge in [0, 0.05) is 31.0 Å². The number of rotatable bonds is 6. The quantitative estimate of drug-likeness (QED) is 0.540. The lowest BCUT2D eigenvalue weighted by Crippen LogP contribution is -2.50. The number of hydrogen-bond acceptors (Lipinski definition) is 5. The molecule has 3 atom stereocenters. The van der Waals surface area contributed by atoms with E-state index in [9.17, 15) is 24.2 Å². The average molecular weight is 438 g/mol. The summed E-state index contributed by atoms with van der Waals surface area (Å²) in [5.74, 6) is -2.14. The van der Waals surface area contributed by atoms with Gasteiger partial charge in [0.25, 0.3) is 11.8 Å². The van der Waals surface area contributed by atoms with E-state index >= 15 is 0 Å². The maximum absolute atomic E-state index is 13.9. The summed E-state index contributed by atoms with van der Waals surface area (Å²) < 4.78 is 15.6. The molecule has 2 aromatic carbocycles. The second kappa shape index (κ2) is 8.89. The Bertz CT molecular complexity index is 1120. The van der Waals surface area contributed by atoms with Gasteiger partial charge >= 0.3 is 0 Å². The monoisotopic (exact) mass is 438 g/mol. The van der Waals surface area contributed by atoms with Gasteiger partial charge in [-0.1, -0.05) is 24.3 Å². The first-order chi connectivity index (χ1) is 15.3. The summed E-state index contributed by atoms with van der Waals surface area (Å²) in [6, 6.07) is 13.2. The van der Waals surface area contributed by atoms with Gasteiger partial charge in [-0.3, -0.25) is 9.59 Å². The molecule has 8 nitrogen and oxygen atoms in total. The zero-order valence-corrected chi connectivity index (χ0v) is 17.4. The van der Waals surface area contributed by atoms with E-state index in [2.05, 4.69) is 10.4 Å². The third-order valence-electron chi connectivity index (χ3n) is 5.58. The number of benzene rings is 2. The summed E-state index contributed by atoms with van der Waals surface area (Å²) in [6.07, 6.45) is -0.437. The zero-order valence-electron chi connectivity index (χ0n) is 17.4. The Morgan fingerprint density at radius 1 is 1.06 bits per heavy atom. The minimum absolute atomic E-state index is 0.0226. The Balaban J connectivity index is 1.35. The fraction of sp³-hybridized carbons (Fsp3) is 0.261. The van der Waals surface area contributed by atoms with Gasteiger partial charge in [-0.2, -0.15) is 5.10 Å². The van der Waals surface area contributed by atoms with Crippen molar-refractivity contribution in [1.29, 1.82) is 0 Å². The third kappa shape index (κ3) is 4.25. The van der Waals surface area contributed by atoms with Crippen LogP contribution in [0.15, 0.2) is 60.9 Å². The van der Waals surface area contributed by atoms with Gasteiger partial charge in [-0.15, -0.1) is 0 Å². The summed E-state index contributed by atoms with van der Waals surface area (Å²) in [5.41, 5.74) is 2.63. The molecule has 2 amide bonds. The van der Waals surface area contributed by atoms with Crippen LogP contribution in [0.4, 0.5) is 4.39 Å². The van der Waals surface area contributed by atoms with E-state index in [0.717, 1.165) is 11.3 Å². The molecule has 32 heavy (non-hydrogen) atoms. The first-order valence-electron chi connectivity index (χ1n) is 10.2. The lowest BCUT2D eigenvalue weighted by Gasteiger charge is -2.24. The number of nitrogens with one attached hydrogen (secondary N) is 1. The number of amides is 2. The van der Waals surface area contributed by atoms with E-state index < -0.39 is 35.9 Å². The molecule has 1 aromatic heterocycles. The fourth-order valence-corrected chi connectivity index (χ4v) is 3.72. The lowest BCUT2D eigenvalue weighted by molar-refractivity contribution is -0.153. The minimum Gasteiger partial charge on any atom is -0.380 e. The number of carbonyl (C=O) groups excluding carboxylic acids is 2. The van der Waals surface area contributed by atoms with Gasteiger partial charge in [0.2, 0.25) is 0 Å². The molecule has 2 unspecified atom stereocenters. The average Bonchev–Trinajstić information content (AvgIpc) is 3.48. The first-order valence-corrected chi connectivity index (χ1v) is 10.2. The van der Waals surface area contributed by atoms with Gasteiger partial charge in [0.1, 0.15) is 5.82 Å². The van der Waals surface area contributed by atoms with Crippen molar-refractivity contribution in [2.45, 2.75) is 38.3 Å². The maximum atomic E-state index is 13.9. The molecular weight excluding hydrogens is 415 g/mol. The van der Waals surface area contributed by atoms with Crippen LogP contribution in [0, 0.1) is 5.82 Å². The van der Waals surface area contributed by atoms with Crippen LogP contribution >= 0.6 is 0 Å². The third-order valence-corrected chi connectivity index (χ3v) is 5.58. The number of aliphatic hydroxyl groups is 2. The van der Waals surface area contributed by atoms with E-state index in [4.69, 9.17) is 0 Å². The predicted molar refractivity (Wildman–Crippen MR) is 113 cm³/mol. The molecule has 0 aliphatic carbocycles. The number of hydrogen-bond donors (Lipinski definition) is 3. The highest BCUT2D eigenvalue weighted by molar-refractivity contribution is 5.91. The number of halogens is 1. The van der Waals surface area contributed by atoms with Crippen molar-refractivity contribution in [2.24, 2.45) is 0 Å². The van der Waals surface area contributed by atoms with Crippen molar-refractivity contribution in [3.63, 3.8) is 0 Å². The highest BCUT2D eigenvalue weighted by Crippen LogP contribution is 2.26. The van der Waals surface area contributed by atoms with E-state index in [1.165, 1.54) is 11.0 Å². The smallest absolute Gasteiger partial charge is 0.255 e. The Hall–Kier alpha value is -3.56. The summed E-state index contributed by atoms with van der Waals surface area (Å²) >= 11 is 0. The highest BCUT2D eigenvalue weighted by Gasteiger charge is 2.36. The van der Waals surface area contributed by atoms with Crippen LogP contribution in [-0.4, -0.2) is 48.9 Å². The van der Waals surface area contributed by atoms with E-state index in [0.29, 0.717) is 11.1 Å². The van der Waals surface area contributed by atoms with Crippen LogP contribution < -0.4 is 5.32 Å². The van der Waals surface area contributed by atoms with E-state index in [-0.39, 0.29) is 13.1 Å². The molecule has 3 aromatic rings. The van der Waals surface area contributed by atoms with Crippen molar-refractivity contribution in [1.82, 2.24) is 20.0 Å². The summed E-state index contributed by atoms with van der Waals surface area (Å²) in [7, 11) is 0. The molecule has 0 saturated heterocycles. The molecular formula is C23H23FN4O4. The molecule has 0 saturated carbocycles. The van der Waals surface area contributed by atoms with Gasteiger partial charge in [0.15, 0.2) is 12.2 Å². The van der Waals surface area contributed by atoms with Crippen LogP contribution in [-0.2, 0) is 22.7 Å². The Labute approximate surface area is 183 Å². The molecule has 3 N–H and O–H groups in total. The van der Waals surface area contributed by atoms with Crippen molar-refractivity contribution in [3.8, 4) is 5.69 Å². The molecule has 1 aliphatic heterocycles. The standard InChI is InChI=1S/C23H23FN4O4/c1-14(15-6-8-17(9-7-15)28-11-3-10-25-28)26-22(31)20(29)21(30)23(32)27-12-16-4-2-5-19(24)18(16)13-27/h2-11,14,20-21,29-30H,12-13H2,1H3,(H,26,31)/t14?,20-,21?/m1/s1. The largest absolute Gasteiger partial charge is 0.380 e. The highest BCUT2D eigenvalue weighted by atomic mass is 19.1. The lowest BCUT2D eigenvalue weighted by atomic mass is 10.1. The van der Waals surface area contributed by atoms with Crippen LogP contribution in [0.2, 0.25) is 0 Å². The van der Waals surface area contributed by atoms with Gasteiger partial charge in [-0.05, 0) is 42.3 Å². The number of aliphatic hydroxyl groups excluding tert-OH is 2. The molecule has 166 valence electrons. The van der Waals surface area contributed by atoms with Crippen LogP contribution in [0.1, 0.15) is 29.7 Å². The first kappa shape index (κ1) is 21.7. The molecule has 9 heteroatoms. The maximum Gasteiger partial charge on any atom is 0.255 e. The number of fused-ring (bicyclic) bond motifs is 1. The number of aromatic nitrogens is 2. The van der Waals surface area contributed by atoms with Gasteiger partial charge in [0.05, 0.1) is 11.7 Å². The molecule has 2 heterocycles. The van der Waals surface area contributed by atoms with Crippen LogP contribution in [0.3, 0.4) is 0 Å². The van der Waals surface area contributed by atoms with E-state index in [1.807, 2.05) is 36.5 Å². The Morgan fingerprint density at radius 2 is 1.81 bits per heavy atom. The van der Waals surface area contributed by atoms with E-state index in [1.54, 1.807) is 29.9 Å². The minimum atomic E-state index is -1.96. The van der Waals surface area contributed by atoms with Crippen LogP contribution in [0.25, 0.3) is 5.69 Å². The van der Waals surface area contributed by atoms with Crippen molar-refractivity contribution >= 4 is 11.8 Å². The molecule has 4 rings (SSSR count). The second-order valence-electron chi connectivity index (χ2n) is 7.73. The number of nitrogens with zero attached hydrogens (tertiary/aromatic N) is 3. The summed E-state index contributed by atoms with van der Waals surface area (Å²) in [6.45, 7) is 1.81. The number of carbonyl (C=O) groups is 2. The molecule has 0 spiro atoms. The molecule has 0 bridgehead atoms. The second-order valence-corrected chi connectivity index (χ2v) is 7.73. The zero-order chi connectivity index (χ0) is 22.8. The molecule has 0 radical (unpaired) electrons. The van der Waals surface area contributed by atoms with Gasteiger partial charge < -0.3 is 20.4 Å². The summed E-state index contributed by atoms with van der Waals surface area (Å²) in [4.78, 5) is 26.2. The van der Waals surface area contributed by atoms with Crippen molar-refractivity contribution in [3.05, 3.63) is 83.4 Å². The van der Waals surface area contributed by atoms with Crippen molar-refractivity contribution < 1.29 is 24.2 Å². The summed E-state index contributed by atoms with van der Waals surface area (Å²) in [5, 5.41) is 27.3. The topological polar surface area (TPSA) is 108 Å². The normalized spacial score (nSPS) is 15.7. The van der Waals surface area contributed by atoms with Gasteiger partial charge in [-0.25, -0.2) is 9.07 Å². The predicted octanol–water partition coefficient (Wildman–Crippen LogP) is 1.45. The Morgan fingerprint density at radius 3 is 2.47 bits per heavy atom. The fourth-order valence-electron chi connectivity index (χ4n) is 3.72. The molecule has 0 fully saturated rings. The van der Waals surface area contributed by atoms with Crippen molar-refractivity contribution in [2.75, 3.05) is 0 Å². The molecule has 1 aliphatic rings. The Kier molecular flexibility index (Phi) is 6.02. The van der Waals surface area contributed by atoms with Crippen LogP contribution in [0.5, 0.6) is 0 Å². The SMILES string of the molecule is CC(NC(=O)[C@H](O)C(O)C(=O)N1Cc2cccc(F)c2C1)c1ccc(-n2cccn2)cc1.